The molecule has 0 bridgehead atoms. The number of rotatable bonds is 0. The van der Waals surface area contributed by atoms with Crippen molar-refractivity contribution in [1.82, 2.24) is 0 Å². The highest BCUT2D eigenvalue weighted by atomic mass is 32.1. The van der Waals surface area contributed by atoms with Gasteiger partial charge in [-0.15, -0.1) is 11.3 Å². The van der Waals surface area contributed by atoms with Gasteiger partial charge in [-0.1, -0.05) is 0 Å². The zero-order chi connectivity index (χ0) is 7.84. The van der Waals surface area contributed by atoms with Crippen molar-refractivity contribution < 1.29 is 0 Å². The zero-order valence-electron chi connectivity index (χ0n) is 7.24. The van der Waals surface area contributed by atoms with Crippen LogP contribution in [-0.2, 0) is 12.8 Å². The summed E-state index contributed by atoms with van der Waals surface area (Å²) in [5.74, 6) is 0. The van der Waals surface area contributed by atoms with Gasteiger partial charge in [-0.25, -0.2) is 0 Å². The van der Waals surface area contributed by atoms with Crippen LogP contribution in [-0.4, -0.2) is 0 Å². The fourth-order valence-corrected chi connectivity index (χ4v) is 3.19. The predicted octanol–water partition coefficient (Wildman–Crippen LogP) is 3.24. The first-order valence-corrected chi connectivity index (χ1v) is 5.18. The van der Waals surface area contributed by atoms with E-state index in [1.54, 1.807) is 20.9 Å². The molecule has 11 heavy (non-hydrogen) atoms. The highest BCUT2D eigenvalue weighted by Gasteiger charge is 2.15. The van der Waals surface area contributed by atoms with Gasteiger partial charge < -0.3 is 0 Å². The van der Waals surface area contributed by atoms with Crippen LogP contribution < -0.4 is 0 Å². The molecule has 0 saturated heterocycles. The van der Waals surface area contributed by atoms with E-state index in [0.29, 0.717) is 0 Å². The SMILES string of the molecule is Cc1sc(C)c2c1CCCC2. The summed E-state index contributed by atoms with van der Waals surface area (Å²) in [5.41, 5.74) is 3.36. The lowest BCUT2D eigenvalue weighted by Crippen LogP contribution is -2.00. The van der Waals surface area contributed by atoms with Crippen LogP contribution in [0.25, 0.3) is 0 Å². The predicted molar refractivity (Wildman–Crippen MR) is 50.4 cm³/mol. The lowest BCUT2D eigenvalue weighted by Gasteiger charge is -2.12. The van der Waals surface area contributed by atoms with Crippen molar-refractivity contribution in [2.75, 3.05) is 0 Å². The van der Waals surface area contributed by atoms with Crippen LogP contribution >= 0.6 is 11.3 Å². The number of fused-ring (bicyclic) bond motifs is 1. The molecule has 1 aromatic heterocycles. The lowest BCUT2D eigenvalue weighted by molar-refractivity contribution is 0.685. The lowest BCUT2D eigenvalue weighted by atomic mass is 9.92. The third-order valence-corrected chi connectivity index (χ3v) is 3.73. The van der Waals surface area contributed by atoms with E-state index in [1.165, 1.54) is 25.7 Å². The highest BCUT2D eigenvalue weighted by molar-refractivity contribution is 7.12. The van der Waals surface area contributed by atoms with E-state index < -0.39 is 0 Å². The van der Waals surface area contributed by atoms with Gasteiger partial charge in [0, 0.05) is 9.75 Å². The normalized spacial score (nSPS) is 16.5. The van der Waals surface area contributed by atoms with Crippen LogP contribution in [0.15, 0.2) is 0 Å². The summed E-state index contributed by atoms with van der Waals surface area (Å²) in [7, 11) is 0. The number of aryl methyl sites for hydroxylation is 2. The molecule has 0 aromatic carbocycles. The molecule has 1 aliphatic carbocycles. The molecule has 60 valence electrons. The Labute approximate surface area is 72.3 Å². The minimum Gasteiger partial charge on any atom is -0.145 e. The first kappa shape index (κ1) is 7.35. The molecule has 2 rings (SSSR count). The quantitative estimate of drug-likeness (QED) is 0.555. The second-order valence-electron chi connectivity index (χ2n) is 3.38. The molecule has 0 nitrogen and oxygen atoms in total. The number of thiophene rings is 1. The average molecular weight is 166 g/mol. The van der Waals surface area contributed by atoms with Gasteiger partial charge in [-0.2, -0.15) is 0 Å². The second kappa shape index (κ2) is 2.63. The van der Waals surface area contributed by atoms with Crippen LogP contribution in [0.4, 0.5) is 0 Å². The van der Waals surface area contributed by atoms with Gasteiger partial charge in [0.2, 0.25) is 0 Å². The molecule has 1 heterocycles. The summed E-state index contributed by atoms with van der Waals surface area (Å²) in [6.07, 6.45) is 5.49. The van der Waals surface area contributed by atoms with Gasteiger partial charge in [0.05, 0.1) is 0 Å². The minimum atomic E-state index is 1.34. The summed E-state index contributed by atoms with van der Waals surface area (Å²) >= 11 is 1.98. The molecule has 0 aliphatic heterocycles. The molecule has 0 atom stereocenters. The molecule has 0 radical (unpaired) electrons. The third-order valence-electron chi connectivity index (χ3n) is 2.62. The molecule has 1 aromatic rings. The van der Waals surface area contributed by atoms with Gasteiger partial charge >= 0.3 is 0 Å². The minimum absolute atomic E-state index is 1.34. The monoisotopic (exact) mass is 166 g/mol. The molecule has 0 amide bonds. The molecule has 0 fully saturated rings. The summed E-state index contributed by atoms with van der Waals surface area (Å²) in [4.78, 5) is 3.13. The van der Waals surface area contributed by atoms with Crippen molar-refractivity contribution in [3.05, 3.63) is 20.9 Å². The Balaban J connectivity index is 2.52. The maximum atomic E-state index is 2.27. The van der Waals surface area contributed by atoms with Crippen molar-refractivity contribution in [3.8, 4) is 0 Å². The van der Waals surface area contributed by atoms with Crippen LogP contribution in [0.2, 0.25) is 0 Å². The standard InChI is InChI=1S/C10H14S/c1-7-9-5-3-4-6-10(9)8(2)11-7/h3-6H2,1-2H3. The van der Waals surface area contributed by atoms with E-state index in [0.717, 1.165) is 0 Å². The molecular weight excluding hydrogens is 152 g/mol. The first-order chi connectivity index (χ1) is 5.29. The Morgan fingerprint density at radius 3 is 1.82 bits per heavy atom. The van der Waals surface area contributed by atoms with Crippen molar-refractivity contribution in [2.24, 2.45) is 0 Å². The Bertz CT molecular complexity index is 244. The molecular formula is C10H14S. The van der Waals surface area contributed by atoms with Crippen molar-refractivity contribution >= 4 is 11.3 Å². The van der Waals surface area contributed by atoms with E-state index in [1.807, 2.05) is 11.3 Å². The Kier molecular flexibility index (Phi) is 1.76. The zero-order valence-corrected chi connectivity index (χ0v) is 8.05. The van der Waals surface area contributed by atoms with Crippen LogP contribution in [0.3, 0.4) is 0 Å². The van der Waals surface area contributed by atoms with Gasteiger partial charge in [0.1, 0.15) is 0 Å². The largest absolute Gasteiger partial charge is 0.145 e. The highest BCUT2D eigenvalue weighted by Crippen LogP contribution is 2.32. The maximum absolute atomic E-state index is 2.27. The van der Waals surface area contributed by atoms with E-state index >= 15 is 0 Å². The fraction of sp³-hybridized carbons (Fsp3) is 0.600. The Morgan fingerprint density at radius 1 is 0.909 bits per heavy atom. The van der Waals surface area contributed by atoms with E-state index in [-0.39, 0.29) is 0 Å². The molecule has 1 aliphatic rings. The Hall–Kier alpha value is -0.300. The molecule has 0 N–H and O–H groups in total. The maximum Gasteiger partial charge on any atom is 0.00518 e. The summed E-state index contributed by atoms with van der Waals surface area (Å²) in [6.45, 7) is 4.53. The molecule has 0 spiro atoms. The van der Waals surface area contributed by atoms with Crippen molar-refractivity contribution in [2.45, 2.75) is 39.5 Å². The Morgan fingerprint density at radius 2 is 1.36 bits per heavy atom. The summed E-state index contributed by atoms with van der Waals surface area (Å²) in [5, 5.41) is 0. The smallest absolute Gasteiger partial charge is 0.00518 e. The summed E-state index contributed by atoms with van der Waals surface area (Å²) in [6, 6.07) is 0. The third kappa shape index (κ3) is 1.12. The molecule has 0 saturated carbocycles. The average Bonchev–Trinajstić information content (AvgIpc) is 2.30. The van der Waals surface area contributed by atoms with Gasteiger partial charge in [0.25, 0.3) is 0 Å². The van der Waals surface area contributed by atoms with Crippen molar-refractivity contribution in [1.29, 1.82) is 0 Å². The number of hydrogen-bond donors (Lipinski definition) is 0. The topological polar surface area (TPSA) is 0 Å². The van der Waals surface area contributed by atoms with Crippen LogP contribution in [0.1, 0.15) is 33.7 Å². The van der Waals surface area contributed by atoms with Crippen LogP contribution in [0.5, 0.6) is 0 Å². The summed E-state index contributed by atoms with van der Waals surface area (Å²) < 4.78 is 0. The van der Waals surface area contributed by atoms with E-state index in [4.69, 9.17) is 0 Å². The number of hydrogen-bond acceptors (Lipinski definition) is 1. The van der Waals surface area contributed by atoms with E-state index in [9.17, 15) is 0 Å². The first-order valence-electron chi connectivity index (χ1n) is 4.37. The van der Waals surface area contributed by atoms with E-state index in [2.05, 4.69) is 13.8 Å². The van der Waals surface area contributed by atoms with Gasteiger partial charge in [-0.05, 0) is 50.7 Å². The second-order valence-corrected chi connectivity index (χ2v) is 4.81. The van der Waals surface area contributed by atoms with Gasteiger partial charge in [0.15, 0.2) is 0 Å². The molecule has 0 unspecified atom stereocenters. The molecule has 1 heteroatoms. The van der Waals surface area contributed by atoms with Crippen molar-refractivity contribution in [3.63, 3.8) is 0 Å². The van der Waals surface area contributed by atoms with Crippen LogP contribution in [0, 0.1) is 13.8 Å². The van der Waals surface area contributed by atoms with Gasteiger partial charge in [-0.3, -0.25) is 0 Å². The fourth-order valence-electron chi connectivity index (χ4n) is 2.04.